The molecular formula is C39H52N8O10. The molecule has 1 heterocycles. The van der Waals surface area contributed by atoms with Crippen LogP contribution in [0.1, 0.15) is 57.4 Å². The van der Waals surface area contributed by atoms with Crippen LogP contribution >= 0.6 is 0 Å². The summed E-state index contributed by atoms with van der Waals surface area (Å²) in [5.41, 5.74) is 7.75. The largest absolute Gasteiger partial charge is 0.508 e. The molecule has 0 saturated carbocycles. The lowest BCUT2D eigenvalue weighted by atomic mass is 9.95. The maximum Gasteiger partial charge on any atom is 0.326 e. The zero-order valence-electron chi connectivity index (χ0n) is 32.2. The zero-order chi connectivity index (χ0) is 42.2. The number of aromatic amines is 1. The van der Waals surface area contributed by atoms with Crippen LogP contribution in [-0.2, 0) is 52.8 Å². The van der Waals surface area contributed by atoms with Crippen LogP contribution < -0.4 is 32.3 Å². The molecule has 57 heavy (non-hydrogen) atoms. The fraction of sp³-hybridized carbons (Fsp3) is 0.436. The molecule has 18 heteroatoms. The van der Waals surface area contributed by atoms with Gasteiger partial charge < -0.3 is 52.6 Å². The molecule has 3 aromatic rings. The molecule has 0 aliphatic heterocycles. The van der Waals surface area contributed by atoms with Gasteiger partial charge in [-0.2, -0.15) is 0 Å². The van der Waals surface area contributed by atoms with Crippen LogP contribution in [-0.4, -0.2) is 103 Å². The molecule has 0 radical (unpaired) electrons. The highest BCUT2D eigenvalue weighted by atomic mass is 16.4. The number of aliphatic carboxylic acids is 2. The minimum atomic E-state index is -1.63. The van der Waals surface area contributed by atoms with Crippen molar-refractivity contribution in [2.24, 2.45) is 17.6 Å². The Morgan fingerprint density at radius 2 is 1.25 bits per heavy atom. The Kier molecular flexibility index (Phi) is 17.2. The average Bonchev–Trinajstić information content (AvgIpc) is 3.68. The van der Waals surface area contributed by atoms with Gasteiger partial charge >= 0.3 is 11.9 Å². The number of amides is 5. The van der Waals surface area contributed by atoms with E-state index in [9.17, 15) is 48.9 Å². The van der Waals surface area contributed by atoms with Gasteiger partial charge in [-0.05, 0) is 41.5 Å². The number of aromatic nitrogens is 2. The number of H-pyrrole nitrogens is 1. The van der Waals surface area contributed by atoms with Crippen molar-refractivity contribution in [3.8, 4) is 5.75 Å². The van der Waals surface area contributed by atoms with E-state index in [1.807, 2.05) is 0 Å². The number of carboxylic acids is 2. The maximum atomic E-state index is 14.0. The van der Waals surface area contributed by atoms with Gasteiger partial charge in [-0.1, -0.05) is 76.6 Å². The smallest absolute Gasteiger partial charge is 0.326 e. The van der Waals surface area contributed by atoms with E-state index in [1.165, 1.54) is 36.8 Å². The van der Waals surface area contributed by atoms with Crippen LogP contribution in [0.25, 0.3) is 0 Å². The first-order valence-corrected chi connectivity index (χ1v) is 18.5. The molecule has 7 atom stereocenters. The molecule has 0 aliphatic carbocycles. The van der Waals surface area contributed by atoms with Crippen LogP contribution in [0.2, 0.25) is 0 Å². The highest BCUT2D eigenvalue weighted by Gasteiger charge is 2.36. The van der Waals surface area contributed by atoms with Crippen LogP contribution in [0.5, 0.6) is 5.75 Å². The van der Waals surface area contributed by atoms with Crippen LogP contribution in [0.3, 0.4) is 0 Å². The van der Waals surface area contributed by atoms with Crippen LogP contribution in [0, 0.1) is 11.8 Å². The molecule has 0 saturated heterocycles. The highest BCUT2D eigenvalue weighted by molar-refractivity contribution is 5.97. The van der Waals surface area contributed by atoms with Crippen molar-refractivity contribution < 1.29 is 48.9 Å². The molecule has 0 aliphatic rings. The molecule has 0 bridgehead atoms. The summed E-state index contributed by atoms with van der Waals surface area (Å²) in [6.45, 7) is 6.75. The summed E-state index contributed by atoms with van der Waals surface area (Å²) >= 11 is 0. The predicted octanol–water partition coefficient (Wildman–Crippen LogP) is 0.156. The van der Waals surface area contributed by atoms with E-state index in [4.69, 9.17) is 5.73 Å². The third kappa shape index (κ3) is 14.4. The van der Waals surface area contributed by atoms with Crippen molar-refractivity contribution in [3.05, 3.63) is 83.9 Å². The van der Waals surface area contributed by atoms with E-state index in [0.29, 0.717) is 17.7 Å². The molecule has 11 N–H and O–H groups in total. The second kappa shape index (κ2) is 21.7. The molecule has 18 nitrogen and oxygen atoms in total. The first-order valence-electron chi connectivity index (χ1n) is 18.5. The van der Waals surface area contributed by atoms with Gasteiger partial charge in [0.15, 0.2) is 0 Å². The van der Waals surface area contributed by atoms with Gasteiger partial charge in [-0.25, -0.2) is 9.78 Å². The first-order chi connectivity index (χ1) is 27.0. The third-order valence-electron chi connectivity index (χ3n) is 9.29. The summed E-state index contributed by atoms with van der Waals surface area (Å²) in [7, 11) is 0. The van der Waals surface area contributed by atoms with Gasteiger partial charge in [-0.15, -0.1) is 0 Å². The lowest BCUT2D eigenvalue weighted by molar-refractivity contribution is -0.143. The maximum absolute atomic E-state index is 14.0. The fourth-order valence-corrected chi connectivity index (χ4v) is 5.78. The monoisotopic (exact) mass is 792 g/mol. The van der Waals surface area contributed by atoms with Crippen molar-refractivity contribution in [2.45, 2.75) is 96.1 Å². The van der Waals surface area contributed by atoms with Gasteiger partial charge in [0.2, 0.25) is 29.5 Å². The normalized spacial score (nSPS) is 14.8. The summed E-state index contributed by atoms with van der Waals surface area (Å²) in [6.07, 6.45) is 2.13. The van der Waals surface area contributed by atoms with Gasteiger partial charge in [0.05, 0.1) is 18.8 Å². The van der Waals surface area contributed by atoms with Crippen molar-refractivity contribution in [1.29, 1.82) is 0 Å². The molecular weight excluding hydrogens is 740 g/mol. The number of carboxylic acid groups (broad SMARTS) is 2. The van der Waals surface area contributed by atoms with E-state index in [0.717, 1.165) is 5.56 Å². The van der Waals surface area contributed by atoms with Gasteiger partial charge in [0.25, 0.3) is 0 Å². The summed E-state index contributed by atoms with van der Waals surface area (Å²) in [5.74, 6) is -7.95. The van der Waals surface area contributed by atoms with E-state index in [1.54, 1.807) is 58.0 Å². The number of nitrogens with one attached hydrogen (secondary N) is 6. The van der Waals surface area contributed by atoms with E-state index < -0.39 is 96.0 Å². The Bertz CT molecular complexity index is 1820. The Hall–Kier alpha value is -6.30. The number of carbonyl (C=O) groups is 7. The van der Waals surface area contributed by atoms with Crippen molar-refractivity contribution in [2.75, 3.05) is 0 Å². The number of aromatic hydroxyl groups is 1. The standard InChI is InChI=1S/C39H52N8O10/c1-5-22(4)33(38(55)46-32(21(2)3)37(54)45-30(39(56)57)16-24-11-13-26(48)14-12-24)47-36(53)28(17-25-19-41-20-42-25)44-35(52)29(18-31(49)50)43-34(51)27(40)15-23-9-7-6-8-10-23/h6-14,19-22,27-30,32-33,48H,5,15-18,40H2,1-4H3,(H,41,42)(H,43,51)(H,44,52)(H,45,54)(H,46,55)(H,47,53)(H,49,50)(H,56,57)/t22-,27-,28-,29-,30-,32-,33-/m0/s1. The number of imidazole rings is 1. The van der Waals surface area contributed by atoms with Gasteiger partial charge in [0, 0.05) is 24.7 Å². The van der Waals surface area contributed by atoms with Crippen LogP contribution in [0.15, 0.2) is 67.1 Å². The number of carbonyl (C=O) groups excluding carboxylic acids is 5. The van der Waals surface area contributed by atoms with Crippen molar-refractivity contribution in [1.82, 2.24) is 36.6 Å². The predicted molar refractivity (Wildman–Crippen MR) is 206 cm³/mol. The molecule has 5 amide bonds. The number of phenolic OH excluding ortho intramolecular Hbond substituents is 1. The number of hydrogen-bond donors (Lipinski definition) is 10. The molecule has 0 unspecified atom stereocenters. The third-order valence-corrected chi connectivity index (χ3v) is 9.29. The summed E-state index contributed by atoms with van der Waals surface area (Å²) < 4.78 is 0. The summed E-state index contributed by atoms with van der Waals surface area (Å²) in [4.78, 5) is 98.5. The van der Waals surface area contributed by atoms with Gasteiger partial charge in [-0.3, -0.25) is 28.8 Å². The lowest BCUT2D eigenvalue weighted by Gasteiger charge is -2.30. The second-order valence-electron chi connectivity index (χ2n) is 14.2. The Labute approximate surface area is 329 Å². The second-order valence-corrected chi connectivity index (χ2v) is 14.2. The quantitative estimate of drug-likeness (QED) is 0.0651. The van der Waals surface area contributed by atoms with E-state index in [-0.39, 0.29) is 25.0 Å². The average molecular weight is 793 g/mol. The number of benzene rings is 2. The molecule has 308 valence electrons. The zero-order valence-corrected chi connectivity index (χ0v) is 32.2. The first kappa shape index (κ1) is 45.1. The minimum Gasteiger partial charge on any atom is -0.508 e. The fourth-order valence-electron chi connectivity index (χ4n) is 5.78. The molecule has 3 rings (SSSR count). The van der Waals surface area contributed by atoms with Gasteiger partial charge in [0.1, 0.15) is 36.0 Å². The number of rotatable bonds is 22. The summed E-state index contributed by atoms with van der Waals surface area (Å²) in [6, 6.07) is 6.63. The highest BCUT2D eigenvalue weighted by Crippen LogP contribution is 2.14. The molecule has 0 spiro atoms. The number of hydrogen-bond acceptors (Lipinski definition) is 10. The lowest BCUT2D eigenvalue weighted by Crippen LogP contribution is -2.61. The SMILES string of the molecule is CC[C@H](C)[C@H](NC(=O)[C@H](Cc1cnc[nH]1)NC(=O)[C@H](CC(=O)O)NC(=O)[C@@H](N)Cc1ccccc1)C(=O)N[C@H](C(=O)N[C@@H](Cc1ccc(O)cc1)C(=O)O)C(C)C. The van der Waals surface area contributed by atoms with E-state index in [2.05, 4.69) is 36.6 Å². The van der Waals surface area contributed by atoms with E-state index >= 15 is 0 Å². The Balaban J connectivity index is 1.79. The van der Waals surface area contributed by atoms with Crippen molar-refractivity contribution >= 4 is 41.5 Å². The Morgan fingerprint density at radius 1 is 0.684 bits per heavy atom. The molecule has 2 aromatic carbocycles. The number of nitrogens with two attached hydrogens (primary N) is 1. The minimum absolute atomic E-state index is 0.0126. The van der Waals surface area contributed by atoms with Crippen molar-refractivity contribution in [3.63, 3.8) is 0 Å². The Morgan fingerprint density at radius 3 is 1.81 bits per heavy atom. The van der Waals surface area contributed by atoms with Crippen LogP contribution in [0.4, 0.5) is 0 Å². The number of phenols is 1. The topological polar surface area (TPSA) is 295 Å². The molecule has 1 aromatic heterocycles. The number of nitrogens with zero attached hydrogens (tertiary/aromatic N) is 1. The summed E-state index contributed by atoms with van der Waals surface area (Å²) in [5, 5.41) is 41.7. The molecule has 0 fully saturated rings.